The van der Waals surface area contributed by atoms with E-state index in [1.165, 1.54) is 46.2 Å². The van der Waals surface area contributed by atoms with E-state index in [0.717, 1.165) is 28.1 Å². The Morgan fingerprint density at radius 2 is 1.07 bits per heavy atom. The van der Waals surface area contributed by atoms with Crippen LogP contribution in [0, 0.1) is 13.8 Å². The van der Waals surface area contributed by atoms with Gasteiger partial charge in [0.05, 0.1) is 6.61 Å². The van der Waals surface area contributed by atoms with Crippen molar-refractivity contribution in [3.05, 3.63) is 118 Å². The fourth-order valence-corrected chi connectivity index (χ4v) is 11.6. The standard InChI is InChI=1S/C40H48O3P2/c1-27-23-31-32-24-28(2)26-34(40(6,7)8)38(32)43-45(42-37(31)33(25-27)39(3,4)5)41-21-22-44-35(29-15-11-9-12-16-29)19-20-36(44)30-17-13-10-14-18-30/h9-18,23-26,35-36H,19-22H2,1-8H3/t35-,36-/m1/s1. The molecule has 1 aliphatic heterocycles. The van der Waals surface area contributed by atoms with Crippen molar-refractivity contribution in [1.29, 1.82) is 0 Å². The van der Waals surface area contributed by atoms with Gasteiger partial charge < -0.3 is 8.39 Å². The fourth-order valence-electron chi connectivity index (χ4n) is 6.94. The molecule has 0 bridgehead atoms. The van der Waals surface area contributed by atoms with Gasteiger partial charge in [-0.15, -0.1) is 0 Å². The van der Waals surface area contributed by atoms with E-state index in [9.17, 15) is 0 Å². The van der Waals surface area contributed by atoms with Gasteiger partial charge in [0, 0.05) is 33.2 Å². The fraction of sp³-hybridized carbons (Fsp3) is 0.400. The number of fused-ring (bicyclic) bond motifs is 3. The minimum atomic E-state index is -1.66. The topological polar surface area (TPSA) is 35.5 Å². The summed E-state index contributed by atoms with van der Waals surface area (Å²) in [6, 6.07) is 31.3. The van der Waals surface area contributed by atoms with Gasteiger partial charge in [-0.05, 0) is 78.1 Å². The first kappa shape index (κ1) is 32.1. The molecular weight excluding hydrogens is 590 g/mol. The lowest BCUT2D eigenvalue weighted by atomic mass is 9.83. The molecule has 0 aliphatic carbocycles. The number of hydrogen-bond acceptors (Lipinski definition) is 3. The van der Waals surface area contributed by atoms with Crippen LogP contribution >= 0.6 is 16.2 Å². The van der Waals surface area contributed by atoms with Crippen LogP contribution in [-0.4, -0.2) is 12.8 Å². The maximum atomic E-state index is 6.87. The van der Waals surface area contributed by atoms with Crippen LogP contribution in [0.2, 0.25) is 0 Å². The molecule has 2 heterocycles. The van der Waals surface area contributed by atoms with E-state index in [1.54, 1.807) is 0 Å². The summed E-state index contributed by atoms with van der Waals surface area (Å²) in [4.78, 5) is 0. The molecule has 5 aromatic rings. The van der Waals surface area contributed by atoms with Gasteiger partial charge in [-0.25, -0.2) is 0 Å². The highest BCUT2D eigenvalue weighted by Gasteiger charge is 2.37. The quantitative estimate of drug-likeness (QED) is 0.174. The summed E-state index contributed by atoms with van der Waals surface area (Å²) in [7, 11) is -2.01. The van der Waals surface area contributed by atoms with Gasteiger partial charge in [-0.2, -0.15) is 0 Å². The molecule has 0 unspecified atom stereocenters. The van der Waals surface area contributed by atoms with Crippen LogP contribution in [0.3, 0.4) is 0 Å². The van der Waals surface area contributed by atoms with Crippen LogP contribution in [0.1, 0.15) is 99.1 Å². The lowest BCUT2D eigenvalue weighted by molar-refractivity contribution is 0.394. The monoisotopic (exact) mass is 638 g/mol. The third-order valence-corrected chi connectivity index (χ3v) is 13.6. The number of hydrogen-bond donors (Lipinski definition) is 0. The maximum Gasteiger partial charge on any atom is 0.387 e. The second kappa shape index (κ2) is 12.8. The van der Waals surface area contributed by atoms with Crippen molar-refractivity contribution in [1.82, 2.24) is 0 Å². The molecule has 236 valence electrons. The van der Waals surface area contributed by atoms with Gasteiger partial charge in [-0.1, -0.05) is 122 Å². The van der Waals surface area contributed by atoms with E-state index in [4.69, 9.17) is 12.9 Å². The van der Waals surface area contributed by atoms with Crippen molar-refractivity contribution in [2.75, 3.05) is 12.8 Å². The second-order valence-corrected chi connectivity index (χ2v) is 18.6. The Morgan fingerprint density at radius 3 is 1.47 bits per heavy atom. The Balaban J connectivity index is 1.44. The number of rotatable bonds is 6. The minimum Gasteiger partial charge on any atom is -0.399 e. The predicted octanol–water partition coefficient (Wildman–Crippen LogP) is 12.7. The zero-order chi connectivity index (χ0) is 31.9. The van der Waals surface area contributed by atoms with Crippen molar-refractivity contribution in [3.8, 4) is 0 Å². The summed E-state index contributed by atoms with van der Waals surface area (Å²) in [6.45, 7) is 18.5. The van der Waals surface area contributed by atoms with Crippen molar-refractivity contribution in [2.24, 2.45) is 0 Å². The molecule has 1 aromatic heterocycles. The summed E-state index contributed by atoms with van der Waals surface area (Å²) < 4.78 is 20.5. The van der Waals surface area contributed by atoms with Gasteiger partial charge in [0.25, 0.3) is 0 Å². The van der Waals surface area contributed by atoms with Crippen molar-refractivity contribution >= 4 is 38.1 Å². The molecule has 1 fully saturated rings. The molecule has 1 aliphatic rings. The molecule has 1 saturated heterocycles. The first-order valence-corrected chi connectivity index (χ1v) is 19.1. The molecule has 0 radical (unpaired) electrons. The molecule has 4 aromatic carbocycles. The third-order valence-electron chi connectivity index (χ3n) is 9.13. The van der Waals surface area contributed by atoms with E-state index >= 15 is 0 Å². The normalized spacial score (nSPS) is 17.8. The summed E-state index contributed by atoms with van der Waals surface area (Å²) in [6.07, 6.45) is 3.46. The van der Waals surface area contributed by atoms with Gasteiger partial charge in [0.15, 0.2) is 0 Å². The van der Waals surface area contributed by atoms with Gasteiger partial charge in [0.2, 0.25) is 0 Å². The van der Waals surface area contributed by atoms with E-state index in [-0.39, 0.29) is 18.8 Å². The third kappa shape index (κ3) is 6.83. The Bertz CT molecular complexity index is 1700. The summed E-state index contributed by atoms with van der Waals surface area (Å²) in [5.41, 5.74) is 10.5. The highest BCUT2D eigenvalue weighted by atomic mass is 31.1. The minimum absolute atomic E-state index is 0.100. The van der Waals surface area contributed by atoms with E-state index in [0.29, 0.717) is 17.9 Å². The van der Waals surface area contributed by atoms with Gasteiger partial charge >= 0.3 is 8.24 Å². The van der Waals surface area contributed by atoms with Crippen molar-refractivity contribution in [3.63, 3.8) is 0 Å². The lowest BCUT2D eigenvalue weighted by Crippen LogP contribution is -2.12. The lowest BCUT2D eigenvalue weighted by Gasteiger charge is -2.26. The average molecular weight is 639 g/mol. The van der Waals surface area contributed by atoms with Gasteiger partial charge in [-0.3, -0.25) is 4.52 Å². The van der Waals surface area contributed by atoms with Crippen LogP contribution < -0.4 is 4.52 Å². The van der Waals surface area contributed by atoms with E-state index in [1.807, 2.05) is 0 Å². The Labute approximate surface area is 271 Å². The molecule has 0 N–H and O–H groups in total. The van der Waals surface area contributed by atoms with Crippen LogP contribution in [-0.2, 0) is 10.8 Å². The SMILES string of the molecule is Cc1cc(C(C)(C)C)c2op(OCCP3[C@@H](c4ccccc4)CC[C@@H]3c3ccccc3)oc3c(C(C)(C)C)cc(C)cc3c2c1. The molecule has 0 saturated carbocycles. The first-order valence-electron chi connectivity index (χ1n) is 16.4. The zero-order valence-corrected chi connectivity index (χ0v) is 30.0. The summed E-state index contributed by atoms with van der Waals surface area (Å²) >= 11 is 0. The van der Waals surface area contributed by atoms with Crippen LogP contribution in [0.15, 0.2) is 93.3 Å². The molecule has 2 atom stereocenters. The Hall–Kier alpha value is -2.83. The molecular formula is C40H48O3P2. The zero-order valence-electron chi connectivity index (χ0n) is 28.2. The van der Waals surface area contributed by atoms with Gasteiger partial charge in [0.1, 0.15) is 11.2 Å². The Kier molecular flexibility index (Phi) is 9.11. The Morgan fingerprint density at radius 1 is 0.644 bits per heavy atom. The summed E-state index contributed by atoms with van der Waals surface area (Å²) in [5.74, 6) is 0. The average Bonchev–Trinajstić information content (AvgIpc) is 3.35. The molecule has 0 spiro atoms. The molecule has 45 heavy (non-hydrogen) atoms. The molecule has 6 rings (SSSR count). The van der Waals surface area contributed by atoms with E-state index < -0.39 is 8.24 Å². The number of benzene rings is 4. The van der Waals surface area contributed by atoms with Crippen LogP contribution in [0.5, 0.6) is 0 Å². The highest BCUT2D eigenvalue weighted by molar-refractivity contribution is 7.58. The smallest absolute Gasteiger partial charge is 0.387 e. The number of aryl methyl sites for hydroxylation is 2. The van der Waals surface area contributed by atoms with E-state index in [2.05, 4.69) is 140 Å². The largest absolute Gasteiger partial charge is 0.399 e. The van der Waals surface area contributed by atoms with Crippen LogP contribution in [0.25, 0.3) is 21.9 Å². The van der Waals surface area contributed by atoms with Crippen LogP contribution in [0.4, 0.5) is 0 Å². The maximum absolute atomic E-state index is 6.87. The first-order chi connectivity index (χ1) is 21.4. The predicted molar refractivity (Wildman–Crippen MR) is 194 cm³/mol. The second-order valence-electron chi connectivity index (χ2n) is 14.8. The summed E-state index contributed by atoms with van der Waals surface area (Å²) in [5, 5.41) is 2.21. The molecule has 5 heteroatoms. The van der Waals surface area contributed by atoms with Crippen molar-refractivity contribution in [2.45, 2.75) is 90.4 Å². The highest BCUT2D eigenvalue weighted by Crippen LogP contribution is 2.70. The molecule has 0 amide bonds. The molecule has 3 nitrogen and oxygen atoms in total. The van der Waals surface area contributed by atoms with Crippen molar-refractivity contribution < 1.29 is 12.9 Å².